The summed E-state index contributed by atoms with van der Waals surface area (Å²) in [6.07, 6.45) is 2.56. The third-order valence-electron chi connectivity index (χ3n) is 4.43. The Labute approximate surface area is 142 Å². The molecule has 3 unspecified atom stereocenters. The van der Waals surface area contributed by atoms with Gasteiger partial charge in [0, 0.05) is 17.2 Å². The van der Waals surface area contributed by atoms with Gasteiger partial charge in [-0.25, -0.2) is 13.1 Å². The lowest BCUT2D eigenvalue weighted by Crippen LogP contribution is -2.41. The van der Waals surface area contributed by atoms with Gasteiger partial charge in [0.1, 0.15) is 5.75 Å². The Bertz CT molecular complexity index is 664. The molecule has 0 amide bonds. The fraction of sp³-hybridized carbons (Fsp3) is 0.625. The molecule has 128 valence electrons. The Morgan fingerprint density at radius 3 is 2.87 bits per heavy atom. The highest BCUT2D eigenvalue weighted by atomic mass is 35.5. The summed E-state index contributed by atoms with van der Waals surface area (Å²) in [4.78, 5) is 0. The zero-order valence-electron chi connectivity index (χ0n) is 13.1. The molecule has 23 heavy (non-hydrogen) atoms. The van der Waals surface area contributed by atoms with Crippen molar-refractivity contribution in [3.63, 3.8) is 0 Å². The first-order valence-corrected chi connectivity index (χ1v) is 9.93. The summed E-state index contributed by atoms with van der Waals surface area (Å²) in [5.41, 5.74) is 0.857. The molecule has 0 bridgehead atoms. The Hall–Kier alpha value is -0.820. The van der Waals surface area contributed by atoms with Crippen molar-refractivity contribution in [1.82, 2.24) is 4.72 Å². The predicted molar refractivity (Wildman–Crippen MR) is 89.4 cm³/mol. The molecule has 1 aromatic carbocycles. The van der Waals surface area contributed by atoms with Gasteiger partial charge in [0.2, 0.25) is 10.0 Å². The highest BCUT2D eigenvalue weighted by Crippen LogP contribution is 2.34. The molecule has 2 heterocycles. The molecule has 0 saturated carbocycles. The molecule has 3 rings (SSSR count). The van der Waals surface area contributed by atoms with Crippen LogP contribution in [0.2, 0.25) is 5.02 Å². The lowest BCUT2D eigenvalue weighted by Gasteiger charge is -2.29. The van der Waals surface area contributed by atoms with Crippen molar-refractivity contribution < 1.29 is 17.9 Å². The molecule has 7 heteroatoms. The lowest BCUT2D eigenvalue weighted by atomic mass is 10.0. The van der Waals surface area contributed by atoms with Crippen molar-refractivity contribution in [2.75, 3.05) is 13.2 Å². The molecule has 1 fully saturated rings. The van der Waals surface area contributed by atoms with Crippen molar-refractivity contribution in [1.29, 1.82) is 0 Å². The number of fused-ring (bicyclic) bond motifs is 1. The van der Waals surface area contributed by atoms with E-state index in [2.05, 4.69) is 4.72 Å². The first-order valence-electron chi connectivity index (χ1n) is 8.01. The molecule has 2 aliphatic rings. The largest absolute Gasteiger partial charge is 0.493 e. The number of nitrogens with one attached hydrogen (secondary N) is 1. The van der Waals surface area contributed by atoms with Crippen LogP contribution < -0.4 is 9.46 Å². The van der Waals surface area contributed by atoms with Crippen LogP contribution in [-0.4, -0.2) is 33.0 Å². The van der Waals surface area contributed by atoms with Crippen LogP contribution in [0.5, 0.6) is 5.75 Å². The van der Waals surface area contributed by atoms with E-state index in [4.69, 9.17) is 21.1 Å². The van der Waals surface area contributed by atoms with Gasteiger partial charge in [-0.1, -0.05) is 17.7 Å². The molecule has 2 aliphatic heterocycles. The quantitative estimate of drug-likeness (QED) is 0.900. The van der Waals surface area contributed by atoms with Crippen molar-refractivity contribution in [3.05, 3.63) is 28.8 Å². The molecule has 0 radical (unpaired) electrons. The number of hydrogen-bond donors (Lipinski definition) is 1. The summed E-state index contributed by atoms with van der Waals surface area (Å²) >= 11 is 6.02. The minimum absolute atomic E-state index is 0.0196. The average molecular weight is 360 g/mol. The van der Waals surface area contributed by atoms with Gasteiger partial charge in [-0.2, -0.15) is 0 Å². The first kappa shape index (κ1) is 17.0. The van der Waals surface area contributed by atoms with E-state index in [0.29, 0.717) is 43.2 Å². The van der Waals surface area contributed by atoms with E-state index in [1.807, 2.05) is 13.0 Å². The van der Waals surface area contributed by atoms with Crippen LogP contribution in [0, 0.1) is 0 Å². The number of rotatable bonds is 3. The highest BCUT2D eigenvalue weighted by Gasteiger charge is 2.33. The standard InChI is InChI=1S/C16H22ClNO4S/c1-11-9-13(6-8-21-11)23(19,20)18-15-3-2-7-22-16-10-12(17)4-5-14(15)16/h4-5,10-11,13,15,18H,2-3,6-9H2,1H3. The van der Waals surface area contributed by atoms with E-state index in [-0.39, 0.29) is 12.1 Å². The maximum atomic E-state index is 12.8. The van der Waals surface area contributed by atoms with E-state index < -0.39 is 15.3 Å². The third-order valence-corrected chi connectivity index (χ3v) is 6.58. The number of hydrogen-bond acceptors (Lipinski definition) is 4. The monoisotopic (exact) mass is 359 g/mol. The maximum Gasteiger partial charge on any atom is 0.215 e. The second-order valence-corrected chi connectivity index (χ2v) is 8.64. The molecule has 1 saturated heterocycles. The van der Waals surface area contributed by atoms with Crippen molar-refractivity contribution in [2.45, 2.75) is 50.0 Å². The average Bonchev–Trinajstić information content (AvgIpc) is 2.69. The summed E-state index contributed by atoms with van der Waals surface area (Å²) in [7, 11) is -3.40. The Morgan fingerprint density at radius 1 is 1.26 bits per heavy atom. The van der Waals surface area contributed by atoms with Crippen LogP contribution in [-0.2, 0) is 14.8 Å². The molecule has 0 aliphatic carbocycles. The Morgan fingerprint density at radius 2 is 2.09 bits per heavy atom. The molecule has 0 spiro atoms. The second-order valence-electron chi connectivity index (χ2n) is 6.22. The van der Waals surface area contributed by atoms with Crippen LogP contribution in [0.3, 0.4) is 0 Å². The van der Waals surface area contributed by atoms with Crippen LogP contribution in [0.25, 0.3) is 0 Å². The molecular formula is C16H22ClNO4S. The minimum Gasteiger partial charge on any atom is -0.493 e. The van der Waals surface area contributed by atoms with E-state index in [1.54, 1.807) is 12.1 Å². The van der Waals surface area contributed by atoms with Crippen molar-refractivity contribution in [2.24, 2.45) is 0 Å². The SMILES string of the molecule is CC1CC(S(=O)(=O)NC2CCCOc3cc(Cl)ccc32)CCO1. The fourth-order valence-corrected chi connectivity index (χ4v) is 5.13. The van der Waals surface area contributed by atoms with Gasteiger partial charge in [0.15, 0.2) is 0 Å². The van der Waals surface area contributed by atoms with E-state index in [9.17, 15) is 8.42 Å². The van der Waals surface area contributed by atoms with E-state index >= 15 is 0 Å². The maximum absolute atomic E-state index is 12.8. The highest BCUT2D eigenvalue weighted by molar-refractivity contribution is 7.90. The van der Waals surface area contributed by atoms with Gasteiger partial charge in [-0.3, -0.25) is 0 Å². The van der Waals surface area contributed by atoms with Crippen LogP contribution in [0.15, 0.2) is 18.2 Å². The van der Waals surface area contributed by atoms with Gasteiger partial charge in [-0.15, -0.1) is 0 Å². The van der Waals surface area contributed by atoms with Gasteiger partial charge >= 0.3 is 0 Å². The number of halogens is 1. The van der Waals surface area contributed by atoms with Crippen LogP contribution >= 0.6 is 11.6 Å². The van der Waals surface area contributed by atoms with E-state index in [0.717, 1.165) is 12.0 Å². The molecule has 1 N–H and O–H groups in total. The molecule has 1 aromatic rings. The topological polar surface area (TPSA) is 64.6 Å². The Kier molecular flexibility index (Phi) is 5.16. The zero-order valence-corrected chi connectivity index (χ0v) is 14.7. The molecule has 5 nitrogen and oxygen atoms in total. The zero-order chi connectivity index (χ0) is 16.4. The number of sulfonamides is 1. The normalized spacial score (nSPS) is 28.5. The summed E-state index contributed by atoms with van der Waals surface area (Å²) < 4.78 is 39.6. The fourth-order valence-electron chi connectivity index (χ4n) is 3.20. The summed E-state index contributed by atoms with van der Waals surface area (Å²) in [6.45, 7) is 2.98. The van der Waals surface area contributed by atoms with E-state index in [1.165, 1.54) is 0 Å². The van der Waals surface area contributed by atoms with Crippen molar-refractivity contribution in [3.8, 4) is 5.75 Å². The van der Waals surface area contributed by atoms with Gasteiger partial charge in [0.25, 0.3) is 0 Å². The van der Waals surface area contributed by atoms with Crippen molar-refractivity contribution >= 4 is 21.6 Å². The summed E-state index contributed by atoms with van der Waals surface area (Å²) in [5.74, 6) is 0.669. The number of ether oxygens (including phenoxy) is 2. The molecule has 0 aromatic heterocycles. The smallest absolute Gasteiger partial charge is 0.215 e. The molecule has 3 atom stereocenters. The predicted octanol–water partition coefficient (Wildman–Crippen LogP) is 3.04. The Balaban J connectivity index is 1.82. The minimum atomic E-state index is -3.40. The second kappa shape index (κ2) is 6.97. The summed E-state index contributed by atoms with van der Waals surface area (Å²) in [5, 5.41) is 0.191. The van der Waals surface area contributed by atoms with Crippen LogP contribution in [0.1, 0.15) is 44.2 Å². The lowest BCUT2D eigenvalue weighted by molar-refractivity contribution is 0.0299. The van der Waals surface area contributed by atoms with Gasteiger partial charge in [0.05, 0.1) is 24.0 Å². The van der Waals surface area contributed by atoms with Gasteiger partial charge in [-0.05, 0) is 44.7 Å². The third kappa shape index (κ3) is 3.99. The first-order chi connectivity index (χ1) is 11.0. The summed E-state index contributed by atoms with van der Waals surface area (Å²) in [6, 6.07) is 5.10. The molecular weight excluding hydrogens is 338 g/mol. The number of benzene rings is 1. The van der Waals surface area contributed by atoms with Gasteiger partial charge < -0.3 is 9.47 Å². The van der Waals surface area contributed by atoms with Crippen LogP contribution in [0.4, 0.5) is 0 Å².